The fourth-order valence-electron chi connectivity index (χ4n) is 3.10. The van der Waals surface area contributed by atoms with Crippen molar-refractivity contribution in [2.75, 3.05) is 24.8 Å². The van der Waals surface area contributed by atoms with Gasteiger partial charge in [-0.25, -0.2) is 13.6 Å². The van der Waals surface area contributed by atoms with Crippen LogP contribution in [-0.4, -0.2) is 35.5 Å². The molecule has 1 aromatic heterocycles. The zero-order valence-corrected chi connectivity index (χ0v) is 12.6. The van der Waals surface area contributed by atoms with Crippen LogP contribution in [0.1, 0.15) is 29.2 Å². The maximum atomic E-state index is 15.1. The zero-order valence-electron chi connectivity index (χ0n) is 12.6. The third-order valence-corrected chi connectivity index (χ3v) is 4.42. The van der Waals surface area contributed by atoms with Gasteiger partial charge in [-0.15, -0.1) is 0 Å². The van der Waals surface area contributed by atoms with Crippen molar-refractivity contribution >= 4 is 22.6 Å². The van der Waals surface area contributed by atoms with Gasteiger partial charge in [-0.05, 0) is 18.9 Å². The quantitative estimate of drug-likeness (QED) is 0.929. The van der Waals surface area contributed by atoms with Gasteiger partial charge >= 0.3 is 5.97 Å². The highest BCUT2D eigenvalue weighted by Gasteiger charge is 2.31. The molecule has 0 amide bonds. The Balaban J connectivity index is 2.07. The minimum atomic E-state index is -1.41. The Morgan fingerprint density at radius 1 is 1.33 bits per heavy atom. The average molecular weight is 336 g/mol. The van der Waals surface area contributed by atoms with Gasteiger partial charge in [0.1, 0.15) is 23.8 Å². The molecule has 0 atom stereocenters. The molecule has 4 rings (SSSR count). The van der Waals surface area contributed by atoms with Gasteiger partial charge in [0.2, 0.25) is 5.43 Å². The summed E-state index contributed by atoms with van der Waals surface area (Å²) in [5.41, 5.74) is -1.64. The molecule has 2 heterocycles. The van der Waals surface area contributed by atoms with E-state index in [4.69, 9.17) is 4.74 Å². The Labute approximate surface area is 134 Å². The van der Waals surface area contributed by atoms with Crippen LogP contribution in [-0.2, 0) is 4.74 Å². The zero-order chi connectivity index (χ0) is 17.0. The lowest BCUT2D eigenvalue weighted by Crippen LogP contribution is -2.24. The van der Waals surface area contributed by atoms with Crippen LogP contribution in [0.2, 0.25) is 0 Å². The van der Waals surface area contributed by atoms with E-state index < -0.39 is 28.6 Å². The molecule has 1 aliphatic heterocycles. The Hall–Kier alpha value is -2.48. The third-order valence-electron chi connectivity index (χ3n) is 4.42. The first-order valence-corrected chi connectivity index (χ1v) is 7.62. The SMILES string of the molecule is O=C(O)c1cn(C2CC2)c2c(F)c(N3CCOC3)c(F)cc2c1=O. The van der Waals surface area contributed by atoms with Gasteiger partial charge in [-0.2, -0.15) is 0 Å². The smallest absolute Gasteiger partial charge is 0.341 e. The molecule has 24 heavy (non-hydrogen) atoms. The summed E-state index contributed by atoms with van der Waals surface area (Å²) in [5.74, 6) is -3.15. The van der Waals surface area contributed by atoms with E-state index in [1.165, 1.54) is 9.47 Å². The van der Waals surface area contributed by atoms with Crippen molar-refractivity contribution in [2.45, 2.75) is 18.9 Å². The molecular formula is C16H14F2N2O4. The van der Waals surface area contributed by atoms with Crippen molar-refractivity contribution in [3.8, 4) is 0 Å². The second-order valence-electron chi connectivity index (χ2n) is 6.03. The summed E-state index contributed by atoms with van der Waals surface area (Å²) in [6, 6.07) is 0.855. The molecule has 0 radical (unpaired) electrons. The standard InChI is InChI=1S/C16H14F2N2O4/c17-11-5-9-13(12(18)14(11)19-3-4-24-7-19)20(8-1-2-8)6-10(15(9)21)16(22)23/h5-6,8H,1-4,7H2,(H,22,23). The highest BCUT2D eigenvalue weighted by molar-refractivity contribution is 5.94. The Morgan fingerprint density at radius 2 is 2.08 bits per heavy atom. The van der Waals surface area contributed by atoms with Gasteiger partial charge in [-0.1, -0.05) is 0 Å². The summed E-state index contributed by atoms with van der Waals surface area (Å²) >= 11 is 0. The summed E-state index contributed by atoms with van der Waals surface area (Å²) in [4.78, 5) is 25.0. The number of aromatic nitrogens is 1. The highest BCUT2D eigenvalue weighted by Crippen LogP contribution is 2.39. The van der Waals surface area contributed by atoms with Crippen LogP contribution in [0.5, 0.6) is 0 Å². The van der Waals surface area contributed by atoms with E-state index in [1.807, 2.05) is 0 Å². The van der Waals surface area contributed by atoms with E-state index >= 15 is 4.39 Å². The van der Waals surface area contributed by atoms with Crippen molar-refractivity contribution in [3.63, 3.8) is 0 Å². The number of aromatic carboxylic acids is 1. The topological polar surface area (TPSA) is 71.8 Å². The van der Waals surface area contributed by atoms with Crippen LogP contribution in [0.4, 0.5) is 14.5 Å². The van der Waals surface area contributed by atoms with Crippen LogP contribution < -0.4 is 10.3 Å². The molecule has 1 aliphatic carbocycles. The van der Waals surface area contributed by atoms with E-state index in [9.17, 15) is 19.1 Å². The number of hydrogen-bond acceptors (Lipinski definition) is 4. The predicted molar refractivity (Wildman–Crippen MR) is 81.5 cm³/mol. The lowest BCUT2D eigenvalue weighted by atomic mass is 10.1. The molecule has 6 nitrogen and oxygen atoms in total. The minimum absolute atomic E-state index is 0.0456. The average Bonchev–Trinajstić information content (AvgIpc) is 3.24. The lowest BCUT2D eigenvalue weighted by molar-refractivity contribution is 0.0695. The lowest BCUT2D eigenvalue weighted by Gasteiger charge is -2.20. The van der Waals surface area contributed by atoms with Crippen molar-refractivity contribution in [1.29, 1.82) is 0 Å². The largest absolute Gasteiger partial charge is 0.477 e. The van der Waals surface area contributed by atoms with Crippen molar-refractivity contribution in [1.82, 2.24) is 4.57 Å². The number of hydrogen-bond donors (Lipinski definition) is 1. The molecule has 2 aliphatic rings. The van der Waals surface area contributed by atoms with Crippen LogP contribution >= 0.6 is 0 Å². The van der Waals surface area contributed by atoms with E-state index in [0.717, 1.165) is 25.1 Å². The summed E-state index contributed by atoms with van der Waals surface area (Å²) < 4.78 is 36.2. The number of carbonyl (C=O) groups is 1. The first-order chi connectivity index (χ1) is 11.5. The fourth-order valence-corrected chi connectivity index (χ4v) is 3.10. The van der Waals surface area contributed by atoms with E-state index in [1.54, 1.807) is 0 Å². The van der Waals surface area contributed by atoms with Crippen molar-refractivity contribution in [3.05, 3.63) is 39.7 Å². The molecule has 126 valence electrons. The molecule has 2 aromatic rings. The van der Waals surface area contributed by atoms with Gasteiger partial charge < -0.3 is 19.3 Å². The molecule has 1 aromatic carbocycles. The molecule has 0 unspecified atom stereocenters. The van der Waals surface area contributed by atoms with Crippen LogP contribution in [0.3, 0.4) is 0 Å². The molecule has 0 spiro atoms. The van der Waals surface area contributed by atoms with Crippen molar-refractivity contribution < 1.29 is 23.4 Å². The van der Waals surface area contributed by atoms with E-state index in [2.05, 4.69) is 0 Å². The van der Waals surface area contributed by atoms with Gasteiger partial charge in [-0.3, -0.25) is 4.79 Å². The predicted octanol–water partition coefficient (Wildman–Crippen LogP) is 2.11. The number of nitrogens with zero attached hydrogens (tertiary/aromatic N) is 2. The number of fused-ring (bicyclic) bond motifs is 1. The van der Waals surface area contributed by atoms with Gasteiger partial charge in [0.15, 0.2) is 5.82 Å². The monoisotopic (exact) mass is 336 g/mol. The Morgan fingerprint density at radius 3 is 2.67 bits per heavy atom. The van der Waals surface area contributed by atoms with Gasteiger partial charge in [0.05, 0.1) is 17.5 Å². The molecule has 1 saturated carbocycles. The number of benzene rings is 1. The van der Waals surface area contributed by atoms with Gasteiger partial charge in [0.25, 0.3) is 0 Å². The fraction of sp³-hybridized carbons (Fsp3) is 0.375. The van der Waals surface area contributed by atoms with Crippen molar-refractivity contribution in [2.24, 2.45) is 0 Å². The van der Waals surface area contributed by atoms with Gasteiger partial charge in [0, 0.05) is 18.8 Å². The first kappa shape index (κ1) is 15.1. The van der Waals surface area contributed by atoms with E-state index in [-0.39, 0.29) is 29.4 Å². The summed E-state index contributed by atoms with van der Waals surface area (Å²) in [7, 11) is 0. The number of carboxylic acid groups (broad SMARTS) is 1. The second kappa shape index (κ2) is 5.27. The number of pyridine rings is 1. The third kappa shape index (κ3) is 2.17. The maximum absolute atomic E-state index is 15.1. The Bertz CT molecular complexity index is 915. The molecular weight excluding hydrogens is 322 g/mol. The number of ether oxygens (including phenoxy) is 1. The second-order valence-corrected chi connectivity index (χ2v) is 6.03. The van der Waals surface area contributed by atoms with Crippen LogP contribution in [0.15, 0.2) is 17.1 Å². The normalized spacial score (nSPS) is 17.7. The van der Waals surface area contributed by atoms with E-state index in [0.29, 0.717) is 13.2 Å². The molecule has 2 fully saturated rings. The summed E-state index contributed by atoms with van der Waals surface area (Å²) in [5, 5.41) is 8.94. The number of rotatable bonds is 3. The molecule has 1 N–H and O–H groups in total. The first-order valence-electron chi connectivity index (χ1n) is 7.62. The van der Waals surface area contributed by atoms with Crippen LogP contribution in [0, 0.1) is 11.6 Å². The van der Waals surface area contributed by atoms with Crippen LogP contribution in [0.25, 0.3) is 10.9 Å². The number of halogens is 2. The summed E-state index contributed by atoms with van der Waals surface area (Å²) in [6.07, 6.45) is 2.68. The number of carboxylic acids is 1. The Kier molecular flexibility index (Phi) is 3.31. The maximum Gasteiger partial charge on any atom is 0.341 e. The minimum Gasteiger partial charge on any atom is -0.477 e. The highest BCUT2D eigenvalue weighted by atomic mass is 19.1. The molecule has 1 saturated heterocycles. The number of anilines is 1. The molecule has 8 heteroatoms. The molecule has 0 bridgehead atoms. The summed E-state index contributed by atoms with van der Waals surface area (Å²) in [6.45, 7) is 0.782.